The number of fused-ring (bicyclic) bond motifs is 2. The van der Waals surface area contributed by atoms with Crippen LogP contribution < -0.4 is 0 Å². The van der Waals surface area contributed by atoms with E-state index in [0.717, 1.165) is 25.9 Å². The molecule has 2 aliphatic heterocycles. The SMILES string of the molecule is CCCCN1CC[C@@]2(C1)O[C@@H](OC)Cc1ccccc12. The third-order valence-corrected chi connectivity index (χ3v) is 4.65. The molecule has 0 saturated carbocycles. The smallest absolute Gasteiger partial charge is 0.162 e. The summed E-state index contributed by atoms with van der Waals surface area (Å²) in [6.07, 6.45) is 4.36. The highest BCUT2D eigenvalue weighted by molar-refractivity contribution is 5.36. The number of benzene rings is 1. The fraction of sp³-hybridized carbons (Fsp3) is 0.647. The van der Waals surface area contributed by atoms with Gasteiger partial charge >= 0.3 is 0 Å². The van der Waals surface area contributed by atoms with Crippen molar-refractivity contribution in [3.05, 3.63) is 35.4 Å². The van der Waals surface area contributed by atoms with Crippen LogP contribution in [-0.4, -0.2) is 37.9 Å². The lowest BCUT2D eigenvalue weighted by molar-refractivity contribution is -0.208. The fourth-order valence-corrected chi connectivity index (χ4v) is 3.56. The summed E-state index contributed by atoms with van der Waals surface area (Å²) in [5.41, 5.74) is 2.62. The van der Waals surface area contributed by atoms with Gasteiger partial charge in [0, 0.05) is 26.6 Å². The van der Waals surface area contributed by atoms with Crippen LogP contribution in [0, 0.1) is 0 Å². The lowest BCUT2D eigenvalue weighted by atomic mass is 9.85. The number of hydrogen-bond donors (Lipinski definition) is 0. The fourth-order valence-electron chi connectivity index (χ4n) is 3.56. The minimum Gasteiger partial charge on any atom is -0.355 e. The molecule has 2 heterocycles. The van der Waals surface area contributed by atoms with Gasteiger partial charge in [0.05, 0.1) is 0 Å². The highest BCUT2D eigenvalue weighted by Crippen LogP contribution is 2.42. The number of unbranched alkanes of at least 4 members (excludes halogenated alkanes) is 1. The summed E-state index contributed by atoms with van der Waals surface area (Å²) < 4.78 is 11.9. The van der Waals surface area contributed by atoms with Crippen LogP contribution in [0.15, 0.2) is 24.3 Å². The summed E-state index contributed by atoms with van der Waals surface area (Å²) in [5, 5.41) is 0. The lowest BCUT2D eigenvalue weighted by Gasteiger charge is -2.39. The molecule has 2 atom stereocenters. The molecule has 0 aromatic heterocycles. The van der Waals surface area contributed by atoms with Gasteiger partial charge in [-0.1, -0.05) is 37.6 Å². The third kappa shape index (κ3) is 2.50. The number of ether oxygens (including phenoxy) is 2. The maximum Gasteiger partial charge on any atom is 0.162 e. The standard InChI is InChI=1S/C17H25NO2/c1-3-4-10-18-11-9-17(13-18)15-8-6-5-7-14(15)12-16(19-2)20-17/h5-8,16H,3-4,9-13H2,1-2H3/t16-,17+/m1/s1. The van der Waals surface area contributed by atoms with Crippen molar-refractivity contribution in [1.82, 2.24) is 4.90 Å². The molecule has 0 amide bonds. The first-order chi connectivity index (χ1) is 9.77. The van der Waals surface area contributed by atoms with E-state index in [0.29, 0.717) is 0 Å². The van der Waals surface area contributed by atoms with Gasteiger partial charge < -0.3 is 9.47 Å². The molecule has 1 spiro atoms. The van der Waals surface area contributed by atoms with Crippen LogP contribution in [0.2, 0.25) is 0 Å². The van der Waals surface area contributed by atoms with E-state index in [9.17, 15) is 0 Å². The first-order valence-electron chi connectivity index (χ1n) is 7.79. The van der Waals surface area contributed by atoms with Crippen LogP contribution >= 0.6 is 0 Å². The molecular weight excluding hydrogens is 250 g/mol. The molecule has 0 aliphatic carbocycles. The molecule has 3 nitrogen and oxygen atoms in total. The average Bonchev–Trinajstić information content (AvgIpc) is 2.89. The molecule has 2 aliphatic rings. The summed E-state index contributed by atoms with van der Waals surface area (Å²) in [5.74, 6) is 0. The first kappa shape index (κ1) is 14.1. The van der Waals surface area contributed by atoms with E-state index in [1.807, 2.05) is 0 Å². The Hall–Kier alpha value is -0.900. The van der Waals surface area contributed by atoms with E-state index in [4.69, 9.17) is 9.47 Å². The Bertz CT molecular complexity index is 462. The van der Waals surface area contributed by atoms with Gasteiger partial charge in [0.15, 0.2) is 6.29 Å². The molecule has 0 unspecified atom stereocenters. The van der Waals surface area contributed by atoms with Gasteiger partial charge in [-0.15, -0.1) is 0 Å². The Morgan fingerprint density at radius 1 is 1.40 bits per heavy atom. The van der Waals surface area contributed by atoms with Crippen molar-refractivity contribution in [3.8, 4) is 0 Å². The molecule has 1 aromatic rings. The van der Waals surface area contributed by atoms with Gasteiger partial charge in [-0.3, -0.25) is 4.90 Å². The van der Waals surface area contributed by atoms with E-state index in [2.05, 4.69) is 36.1 Å². The summed E-state index contributed by atoms with van der Waals surface area (Å²) in [6.45, 7) is 5.56. The van der Waals surface area contributed by atoms with Gasteiger partial charge in [0.2, 0.25) is 0 Å². The van der Waals surface area contributed by atoms with E-state index in [1.54, 1.807) is 7.11 Å². The Morgan fingerprint density at radius 3 is 3.05 bits per heavy atom. The van der Waals surface area contributed by atoms with Crippen molar-refractivity contribution in [3.63, 3.8) is 0 Å². The predicted octanol–water partition coefficient (Wildman–Crippen LogP) is 2.93. The van der Waals surface area contributed by atoms with Gasteiger partial charge in [-0.25, -0.2) is 0 Å². The molecule has 20 heavy (non-hydrogen) atoms. The molecule has 3 heteroatoms. The molecule has 0 radical (unpaired) electrons. The quantitative estimate of drug-likeness (QED) is 0.843. The molecule has 0 bridgehead atoms. The third-order valence-electron chi connectivity index (χ3n) is 4.65. The zero-order valence-corrected chi connectivity index (χ0v) is 12.6. The van der Waals surface area contributed by atoms with Crippen molar-refractivity contribution in [2.24, 2.45) is 0 Å². The molecule has 3 rings (SSSR count). The summed E-state index contributed by atoms with van der Waals surface area (Å²) >= 11 is 0. The molecular formula is C17H25NO2. The van der Waals surface area contributed by atoms with Crippen molar-refractivity contribution in [1.29, 1.82) is 0 Å². The van der Waals surface area contributed by atoms with Crippen molar-refractivity contribution < 1.29 is 9.47 Å². The van der Waals surface area contributed by atoms with Crippen molar-refractivity contribution in [2.45, 2.75) is 44.5 Å². The largest absolute Gasteiger partial charge is 0.355 e. The summed E-state index contributed by atoms with van der Waals surface area (Å²) in [4.78, 5) is 2.54. The molecule has 110 valence electrons. The number of likely N-dealkylation sites (tertiary alicyclic amines) is 1. The molecule has 1 aromatic carbocycles. The minimum absolute atomic E-state index is 0.101. The topological polar surface area (TPSA) is 21.7 Å². The number of rotatable bonds is 4. The second-order valence-corrected chi connectivity index (χ2v) is 6.02. The maximum absolute atomic E-state index is 6.36. The number of methoxy groups -OCH3 is 1. The van der Waals surface area contributed by atoms with Crippen LogP contribution in [0.1, 0.15) is 37.3 Å². The van der Waals surface area contributed by atoms with Gasteiger partial charge in [0.25, 0.3) is 0 Å². The Kier molecular flexibility index (Phi) is 4.11. The maximum atomic E-state index is 6.36. The number of hydrogen-bond acceptors (Lipinski definition) is 3. The summed E-state index contributed by atoms with van der Waals surface area (Å²) in [7, 11) is 1.75. The minimum atomic E-state index is -0.150. The monoisotopic (exact) mass is 275 g/mol. The van der Waals surface area contributed by atoms with E-state index in [-0.39, 0.29) is 11.9 Å². The zero-order valence-electron chi connectivity index (χ0n) is 12.6. The summed E-state index contributed by atoms with van der Waals surface area (Å²) in [6, 6.07) is 8.71. The second kappa shape index (κ2) is 5.84. The second-order valence-electron chi connectivity index (χ2n) is 6.02. The van der Waals surface area contributed by atoms with E-state index < -0.39 is 0 Å². The Balaban J connectivity index is 1.85. The van der Waals surface area contributed by atoms with E-state index >= 15 is 0 Å². The zero-order chi connectivity index (χ0) is 14.0. The van der Waals surface area contributed by atoms with Crippen molar-refractivity contribution >= 4 is 0 Å². The highest BCUT2D eigenvalue weighted by atomic mass is 16.7. The van der Waals surface area contributed by atoms with Gasteiger partial charge in [-0.05, 0) is 30.5 Å². The number of nitrogens with zero attached hydrogens (tertiary/aromatic N) is 1. The van der Waals surface area contributed by atoms with Crippen LogP contribution in [0.5, 0.6) is 0 Å². The van der Waals surface area contributed by atoms with E-state index in [1.165, 1.54) is 30.5 Å². The van der Waals surface area contributed by atoms with Crippen LogP contribution in [-0.2, 0) is 21.5 Å². The van der Waals surface area contributed by atoms with Gasteiger partial charge in [-0.2, -0.15) is 0 Å². The van der Waals surface area contributed by atoms with Gasteiger partial charge in [0.1, 0.15) is 5.60 Å². The average molecular weight is 275 g/mol. The van der Waals surface area contributed by atoms with Crippen LogP contribution in [0.4, 0.5) is 0 Å². The van der Waals surface area contributed by atoms with Crippen LogP contribution in [0.3, 0.4) is 0 Å². The molecule has 1 saturated heterocycles. The molecule has 1 fully saturated rings. The van der Waals surface area contributed by atoms with Crippen molar-refractivity contribution in [2.75, 3.05) is 26.7 Å². The first-order valence-corrected chi connectivity index (χ1v) is 7.79. The lowest BCUT2D eigenvalue weighted by Crippen LogP contribution is -2.43. The normalized spacial score (nSPS) is 29.8. The highest BCUT2D eigenvalue weighted by Gasteiger charge is 2.46. The Morgan fingerprint density at radius 2 is 2.25 bits per heavy atom. The van der Waals surface area contributed by atoms with Crippen LogP contribution in [0.25, 0.3) is 0 Å². The Labute approximate surface area is 121 Å². The predicted molar refractivity (Wildman–Crippen MR) is 79.7 cm³/mol. The molecule has 0 N–H and O–H groups in total.